The summed E-state index contributed by atoms with van der Waals surface area (Å²) < 4.78 is 11.1. The average molecular weight is 404 g/mol. The molecule has 0 radical (unpaired) electrons. The lowest BCUT2D eigenvalue weighted by Gasteiger charge is -2.28. The minimum Gasteiger partial charge on any atom is -0.490 e. The van der Waals surface area contributed by atoms with Crippen LogP contribution in [0.3, 0.4) is 0 Å². The van der Waals surface area contributed by atoms with Crippen LogP contribution in [0.25, 0.3) is 0 Å². The predicted octanol–water partition coefficient (Wildman–Crippen LogP) is 1.37. The summed E-state index contributed by atoms with van der Waals surface area (Å²) in [4.78, 5) is 38.1. The Hall–Kier alpha value is -2.61. The number of carbonyl (C=O) groups is 3. The molecule has 0 aromatic heterocycles. The Morgan fingerprint density at radius 2 is 2.10 bits per heavy atom. The first kappa shape index (κ1) is 21.1. The maximum atomic E-state index is 12.8. The van der Waals surface area contributed by atoms with Gasteiger partial charge < -0.3 is 19.5 Å². The van der Waals surface area contributed by atoms with Gasteiger partial charge in [-0.25, -0.2) is 4.79 Å². The molecule has 1 fully saturated rings. The number of fused-ring (bicyclic) bond motifs is 1. The van der Waals surface area contributed by atoms with Crippen molar-refractivity contribution in [3.8, 4) is 5.75 Å². The first-order chi connectivity index (χ1) is 13.9. The standard InChI is InChI=1S/C21H28N2O6/c1-3-28-21(27)16(12-15-11-14-7-4-5-9-18(14)29-15)22-13(2)19(24)23-10-6-8-17(23)20(25)26/h4-5,7,9,13,15-17,22H,3,6,8,10-12H2,1-2H3,(H,25,26)/t13?,15-,16?,17-/m0/s1. The number of nitrogens with zero attached hydrogens (tertiary/aromatic N) is 1. The van der Waals surface area contributed by atoms with E-state index in [0.29, 0.717) is 32.2 Å². The Balaban J connectivity index is 1.65. The van der Waals surface area contributed by atoms with Gasteiger partial charge in [0.2, 0.25) is 5.91 Å². The highest BCUT2D eigenvalue weighted by atomic mass is 16.5. The zero-order valence-corrected chi connectivity index (χ0v) is 16.8. The van der Waals surface area contributed by atoms with E-state index in [-0.39, 0.29) is 18.6 Å². The minimum atomic E-state index is -0.998. The van der Waals surface area contributed by atoms with E-state index in [1.54, 1.807) is 13.8 Å². The van der Waals surface area contributed by atoms with Crippen LogP contribution in [0.2, 0.25) is 0 Å². The molecule has 0 saturated carbocycles. The van der Waals surface area contributed by atoms with Gasteiger partial charge in [0.15, 0.2) is 0 Å². The SMILES string of the molecule is CCOC(=O)C(C[C@@H]1Cc2ccccc2O1)NC(C)C(=O)N1CCC[C@H]1C(=O)O. The van der Waals surface area contributed by atoms with Crippen LogP contribution in [0, 0.1) is 0 Å². The van der Waals surface area contributed by atoms with Gasteiger partial charge in [0.25, 0.3) is 0 Å². The summed E-state index contributed by atoms with van der Waals surface area (Å²) in [5.74, 6) is -0.949. The monoisotopic (exact) mass is 404 g/mol. The number of carboxylic acids is 1. The van der Waals surface area contributed by atoms with Crippen LogP contribution in [0.15, 0.2) is 24.3 Å². The van der Waals surface area contributed by atoms with E-state index in [1.807, 2.05) is 24.3 Å². The summed E-state index contributed by atoms with van der Waals surface area (Å²) >= 11 is 0. The predicted molar refractivity (Wildman–Crippen MR) is 105 cm³/mol. The molecule has 29 heavy (non-hydrogen) atoms. The molecule has 2 unspecified atom stereocenters. The van der Waals surface area contributed by atoms with E-state index in [0.717, 1.165) is 11.3 Å². The van der Waals surface area contributed by atoms with E-state index in [9.17, 15) is 19.5 Å². The zero-order chi connectivity index (χ0) is 21.0. The molecular weight excluding hydrogens is 376 g/mol. The minimum absolute atomic E-state index is 0.199. The van der Waals surface area contributed by atoms with Crippen molar-refractivity contribution in [1.29, 1.82) is 0 Å². The van der Waals surface area contributed by atoms with Gasteiger partial charge in [0, 0.05) is 19.4 Å². The molecule has 1 amide bonds. The second-order valence-electron chi connectivity index (χ2n) is 7.51. The number of aliphatic carboxylic acids is 1. The number of carbonyl (C=O) groups excluding carboxylic acids is 2. The number of benzene rings is 1. The van der Waals surface area contributed by atoms with Gasteiger partial charge in [-0.3, -0.25) is 14.9 Å². The topological polar surface area (TPSA) is 105 Å². The smallest absolute Gasteiger partial charge is 0.326 e. The Bertz CT molecular complexity index is 742. The fraction of sp³-hybridized carbons (Fsp3) is 0.571. The maximum absolute atomic E-state index is 12.8. The lowest BCUT2D eigenvalue weighted by molar-refractivity contribution is -0.150. The van der Waals surface area contributed by atoms with E-state index in [1.165, 1.54) is 4.90 Å². The summed E-state index contributed by atoms with van der Waals surface area (Å²) in [6.45, 7) is 4.02. The van der Waals surface area contributed by atoms with Crippen LogP contribution in [-0.4, -0.2) is 65.2 Å². The van der Waals surface area contributed by atoms with E-state index in [2.05, 4.69) is 5.32 Å². The van der Waals surface area contributed by atoms with Crippen molar-refractivity contribution in [2.24, 2.45) is 0 Å². The molecule has 0 bridgehead atoms. The van der Waals surface area contributed by atoms with Gasteiger partial charge in [0.1, 0.15) is 23.9 Å². The van der Waals surface area contributed by atoms with Crippen LogP contribution in [0.1, 0.15) is 38.7 Å². The first-order valence-electron chi connectivity index (χ1n) is 10.1. The highest BCUT2D eigenvalue weighted by Gasteiger charge is 2.38. The molecule has 1 saturated heterocycles. The highest BCUT2D eigenvalue weighted by molar-refractivity contribution is 5.88. The zero-order valence-electron chi connectivity index (χ0n) is 16.8. The Kier molecular flexibility index (Phi) is 6.74. The van der Waals surface area contributed by atoms with Crippen molar-refractivity contribution in [1.82, 2.24) is 10.2 Å². The van der Waals surface area contributed by atoms with Crippen molar-refractivity contribution < 1.29 is 29.0 Å². The average Bonchev–Trinajstić information content (AvgIpc) is 3.33. The number of likely N-dealkylation sites (tertiary alicyclic amines) is 1. The molecule has 0 spiro atoms. The van der Waals surface area contributed by atoms with E-state index >= 15 is 0 Å². The number of hydrogen-bond acceptors (Lipinski definition) is 6. The number of para-hydroxylation sites is 1. The largest absolute Gasteiger partial charge is 0.490 e. The Labute approximate surface area is 170 Å². The molecule has 4 atom stereocenters. The number of amides is 1. The third kappa shape index (κ3) is 4.87. The molecule has 2 heterocycles. The van der Waals surface area contributed by atoms with Gasteiger partial charge in [-0.2, -0.15) is 0 Å². The number of rotatable bonds is 8. The first-order valence-corrected chi connectivity index (χ1v) is 10.1. The van der Waals surface area contributed by atoms with Crippen LogP contribution in [0.4, 0.5) is 0 Å². The van der Waals surface area contributed by atoms with Crippen LogP contribution in [0.5, 0.6) is 5.75 Å². The number of ether oxygens (including phenoxy) is 2. The molecule has 8 heteroatoms. The fourth-order valence-electron chi connectivity index (χ4n) is 4.03. The van der Waals surface area contributed by atoms with Crippen LogP contribution >= 0.6 is 0 Å². The number of nitrogens with one attached hydrogen (secondary N) is 1. The molecular formula is C21H28N2O6. The summed E-state index contributed by atoms with van der Waals surface area (Å²) in [5.41, 5.74) is 1.09. The fourth-order valence-corrected chi connectivity index (χ4v) is 4.03. The summed E-state index contributed by atoms with van der Waals surface area (Å²) in [6, 6.07) is 5.49. The van der Waals surface area contributed by atoms with Gasteiger partial charge in [0.05, 0.1) is 12.6 Å². The molecule has 1 aromatic carbocycles. The quantitative estimate of drug-likeness (QED) is 0.631. The molecule has 158 valence electrons. The molecule has 2 aliphatic heterocycles. The van der Waals surface area contributed by atoms with Crippen molar-refractivity contribution >= 4 is 17.8 Å². The van der Waals surface area contributed by atoms with Crippen molar-refractivity contribution in [2.75, 3.05) is 13.2 Å². The van der Waals surface area contributed by atoms with E-state index in [4.69, 9.17) is 9.47 Å². The Morgan fingerprint density at radius 1 is 1.34 bits per heavy atom. The maximum Gasteiger partial charge on any atom is 0.326 e. The normalized spacial score (nSPS) is 22.5. The van der Waals surface area contributed by atoms with E-state index < -0.39 is 30.1 Å². The van der Waals surface area contributed by atoms with Gasteiger partial charge >= 0.3 is 11.9 Å². The van der Waals surface area contributed by atoms with Crippen molar-refractivity contribution in [2.45, 2.75) is 63.8 Å². The molecule has 8 nitrogen and oxygen atoms in total. The third-order valence-corrected chi connectivity index (χ3v) is 5.43. The lowest BCUT2D eigenvalue weighted by atomic mass is 10.0. The lowest BCUT2D eigenvalue weighted by Crippen LogP contribution is -2.54. The number of carboxylic acid groups (broad SMARTS) is 1. The number of hydrogen-bond donors (Lipinski definition) is 2. The number of esters is 1. The summed E-state index contributed by atoms with van der Waals surface area (Å²) in [5, 5.41) is 12.4. The van der Waals surface area contributed by atoms with Crippen molar-refractivity contribution in [3.63, 3.8) is 0 Å². The second-order valence-corrected chi connectivity index (χ2v) is 7.51. The highest BCUT2D eigenvalue weighted by Crippen LogP contribution is 2.30. The van der Waals surface area contributed by atoms with Gasteiger partial charge in [-0.1, -0.05) is 18.2 Å². The van der Waals surface area contributed by atoms with Gasteiger partial charge in [-0.15, -0.1) is 0 Å². The molecule has 2 N–H and O–H groups in total. The second kappa shape index (κ2) is 9.26. The molecule has 0 aliphatic carbocycles. The van der Waals surface area contributed by atoms with Crippen molar-refractivity contribution in [3.05, 3.63) is 29.8 Å². The van der Waals surface area contributed by atoms with Gasteiger partial charge in [-0.05, 0) is 38.3 Å². The molecule has 2 aliphatic rings. The summed E-state index contributed by atoms with van der Waals surface area (Å²) in [7, 11) is 0. The van der Waals surface area contributed by atoms with Crippen LogP contribution in [-0.2, 0) is 25.5 Å². The summed E-state index contributed by atoms with van der Waals surface area (Å²) in [6.07, 6.45) is 1.94. The molecule has 1 aromatic rings. The van der Waals surface area contributed by atoms with Crippen LogP contribution < -0.4 is 10.1 Å². The Morgan fingerprint density at radius 3 is 2.79 bits per heavy atom. The third-order valence-electron chi connectivity index (χ3n) is 5.43. The molecule has 3 rings (SSSR count).